The van der Waals surface area contributed by atoms with Crippen molar-refractivity contribution in [1.82, 2.24) is 14.4 Å². The van der Waals surface area contributed by atoms with Gasteiger partial charge >= 0.3 is 6.18 Å². The van der Waals surface area contributed by atoms with Crippen LogP contribution in [0.3, 0.4) is 0 Å². The van der Waals surface area contributed by atoms with E-state index in [1.807, 2.05) is 0 Å². The molecule has 0 radical (unpaired) electrons. The topological polar surface area (TPSA) is 66.7 Å². The van der Waals surface area contributed by atoms with Crippen molar-refractivity contribution in [2.75, 3.05) is 32.7 Å². The molecule has 0 amide bonds. The van der Waals surface area contributed by atoms with E-state index in [4.69, 9.17) is 0 Å². The average Bonchev–Trinajstić information content (AvgIpc) is 3.22. The predicted octanol–water partition coefficient (Wildman–Crippen LogP) is 3.45. The van der Waals surface area contributed by atoms with E-state index >= 15 is 0 Å². The van der Waals surface area contributed by atoms with Crippen molar-refractivity contribution in [3.63, 3.8) is 0 Å². The van der Waals surface area contributed by atoms with E-state index in [2.05, 4.69) is 21.5 Å². The van der Waals surface area contributed by atoms with E-state index < -0.39 is 22.0 Å². The molecular weight excluding hydrogens is 403 g/mol. The van der Waals surface area contributed by atoms with Crippen LogP contribution in [-0.2, 0) is 16.2 Å². The van der Waals surface area contributed by atoms with Crippen LogP contribution >= 0.6 is 11.3 Å². The Labute approximate surface area is 159 Å². The highest BCUT2D eigenvalue weighted by atomic mass is 32.2. The Morgan fingerprint density at radius 2 is 1.89 bits per heavy atom. The highest BCUT2D eigenvalue weighted by Crippen LogP contribution is 2.37. The molecule has 0 N–H and O–H groups in total. The maximum Gasteiger partial charge on any atom is 0.452 e. The Morgan fingerprint density at radius 1 is 1.22 bits per heavy atom. The summed E-state index contributed by atoms with van der Waals surface area (Å²) in [6.45, 7) is 6.78. The van der Waals surface area contributed by atoms with E-state index in [0.29, 0.717) is 35.9 Å². The van der Waals surface area contributed by atoms with Crippen LogP contribution in [0.15, 0.2) is 21.6 Å². The molecule has 0 unspecified atom stereocenters. The van der Waals surface area contributed by atoms with Gasteiger partial charge in [0.2, 0.25) is 15.8 Å². The normalized spacial score (nSPS) is 17.5. The number of rotatable bonds is 5. The van der Waals surface area contributed by atoms with Gasteiger partial charge < -0.3 is 9.42 Å². The van der Waals surface area contributed by atoms with Gasteiger partial charge in [-0.3, -0.25) is 0 Å². The molecule has 1 saturated heterocycles. The van der Waals surface area contributed by atoms with Crippen molar-refractivity contribution in [3.05, 3.63) is 22.8 Å². The van der Waals surface area contributed by atoms with Gasteiger partial charge in [-0.25, -0.2) is 8.42 Å². The first-order valence-electron chi connectivity index (χ1n) is 8.50. The lowest BCUT2D eigenvalue weighted by Gasteiger charge is -2.33. The third-order valence-electron chi connectivity index (χ3n) is 4.40. The average molecular weight is 423 g/mol. The molecule has 1 fully saturated rings. The van der Waals surface area contributed by atoms with Gasteiger partial charge in [0.05, 0.1) is 9.77 Å². The molecule has 3 heterocycles. The van der Waals surface area contributed by atoms with Crippen LogP contribution in [-0.4, -0.2) is 55.5 Å². The highest BCUT2D eigenvalue weighted by molar-refractivity contribution is 7.89. The number of halogens is 3. The molecule has 6 nitrogen and oxygen atoms in total. The fraction of sp³-hybridized carbons (Fsp3) is 0.562. The summed E-state index contributed by atoms with van der Waals surface area (Å²) in [6, 6.07) is 2.16. The minimum atomic E-state index is -4.63. The van der Waals surface area contributed by atoms with Crippen LogP contribution in [0.4, 0.5) is 13.2 Å². The van der Waals surface area contributed by atoms with Crippen molar-refractivity contribution >= 4 is 21.4 Å². The predicted molar refractivity (Wildman–Crippen MR) is 95.0 cm³/mol. The summed E-state index contributed by atoms with van der Waals surface area (Å²) in [5.74, 6) is -1.21. The van der Waals surface area contributed by atoms with E-state index in [9.17, 15) is 21.6 Å². The Kier molecular flexibility index (Phi) is 5.67. The number of hydrogen-bond acceptors (Lipinski definition) is 6. The highest BCUT2D eigenvalue weighted by Gasteiger charge is 2.37. The SMILES string of the molecule is CCCN1CCN(S(=O)(=O)c2cc(-c3cc(C(F)(F)F)on3)sc2C)CC1. The Morgan fingerprint density at radius 3 is 2.44 bits per heavy atom. The van der Waals surface area contributed by atoms with Crippen LogP contribution in [0.2, 0.25) is 0 Å². The number of aromatic nitrogens is 1. The number of hydrogen-bond donors (Lipinski definition) is 0. The van der Waals surface area contributed by atoms with E-state index in [1.54, 1.807) is 6.92 Å². The van der Waals surface area contributed by atoms with Gasteiger partial charge in [0.15, 0.2) is 0 Å². The molecule has 2 aromatic rings. The Hall–Kier alpha value is -1.43. The number of nitrogens with zero attached hydrogens (tertiary/aromatic N) is 3. The van der Waals surface area contributed by atoms with E-state index in [1.165, 1.54) is 10.4 Å². The first kappa shape index (κ1) is 20.3. The molecule has 150 valence electrons. The summed E-state index contributed by atoms with van der Waals surface area (Å²) in [7, 11) is -3.70. The molecule has 1 aliphatic heterocycles. The molecule has 0 saturated carbocycles. The zero-order valence-electron chi connectivity index (χ0n) is 14.9. The van der Waals surface area contributed by atoms with Crippen molar-refractivity contribution in [2.45, 2.75) is 31.3 Å². The second kappa shape index (κ2) is 7.53. The molecule has 3 rings (SSSR count). The van der Waals surface area contributed by atoms with Crippen LogP contribution in [0.25, 0.3) is 10.6 Å². The lowest BCUT2D eigenvalue weighted by Crippen LogP contribution is -2.48. The summed E-state index contributed by atoms with van der Waals surface area (Å²) < 4.78 is 69.8. The van der Waals surface area contributed by atoms with E-state index in [0.717, 1.165) is 30.4 Å². The molecule has 27 heavy (non-hydrogen) atoms. The maximum absolute atomic E-state index is 13.0. The molecular formula is C16H20F3N3O3S2. The van der Waals surface area contributed by atoms with Crippen molar-refractivity contribution in [3.8, 4) is 10.6 Å². The third kappa shape index (κ3) is 4.20. The van der Waals surface area contributed by atoms with Gasteiger partial charge in [0.1, 0.15) is 5.69 Å². The minimum Gasteiger partial charge on any atom is -0.351 e. The van der Waals surface area contributed by atoms with Crippen LogP contribution in [0.5, 0.6) is 0 Å². The number of sulfonamides is 1. The molecule has 0 bridgehead atoms. The zero-order valence-corrected chi connectivity index (χ0v) is 16.5. The number of aryl methyl sites for hydroxylation is 1. The van der Waals surface area contributed by atoms with Crippen molar-refractivity contribution in [1.29, 1.82) is 0 Å². The van der Waals surface area contributed by atoms with Gasteiger partial charge in [-0.05, 0) is 26.0 Å². The molecule has 0 spiro atoms. The standard InChI is InChI=1S/C16H20F3N3O3S2/c1-3-4-21-5-7-22(8-6-21)27(23,24)14-10-13(26-11(14)2)12-9-15(25-20-12)16(17,18)19/h9-10H,3-8H2,1-2H3. The lowest BCUT2D eigenvalue weighted by atomic mass is 10.3. The quantitative estimate of drug-likeness (QED) is 0.737. The zero-order chi connectivity index (χ0) is 19.8. The molecule has 11 heteroatoms. The largest absolute Gasteiger partial charge is 0.452 e. The fourth-order valence-electron chi connectivity index (χ4n) is 3.02. The van der Waals surface area contributed by atoms with Gasteiger partial charge in [-0.1, -0.05) is 12.1 Å². The monoisotopic (exact) mass is 423 g/mol. The minimum absolute atomic E-state index is 0.0235. The molecule has 1 aliphatic rings. The van der Waals surface area contributed by atoms with Gasteiger partial charge in [0.25, 0.3) is 0 Å². The second-order valence-electron chi connectivity index (χ2n) is 6.35. The van der Waals surface area contributed by atoms with Crippen LogP contribution in [0, 0.1) is 6.92 Å². The third-order valence-corrected chi connectivity index (χ3v) is 7.63. The Balaban J connectivity index is 1.82. The van der Waals surface area contributed by atoms with Crippen LogP contribution in [0.1, 0.15) is 24.0 Å². The molecule has 0 atom stereocenters. The summed E-state index contributed by atoms with van der Waals surface area (Å²) in [5, 5.41) is 3.43. The summed E-state index contributed by atoms with van der Waals surface area (Å²) >= 11 is 1.08. The summed E-state index contributed by atoms with van der Waals surface area (Å²) in [6.07, 6.45) is -3.62. The first-order valence-corrected chi connectivity index (χ1v) is 10.8. The van der Waals surface area contributed by atoms with Gasteiger partial charge in [0, 0.05) is 37.1 Å². The number of thiophene rings is 1. The van der Waals surface area contributed by atoms with Gasteiger partial charge in [-0.15, -0.1) is 11.3 Å². The smallest absolute Gasteiger partial charge is 0.351 e. The lowest BCUT2D eigenvalue weighted by molar-refractivity contribution is -0.155. The fourth-order valence-corrected chi connectivity index (χ4v) is 5.96. The van der Waals surface area contributed by atoms with Crippen molar-refractivity contribution in [2.24, 2.45) is 0 Å². The summed E-state index contributed by atoms with van der Waals surface area (Å²) in [5.41, 5.74) is -0.0235. The number of alkyl halides is 3. The molecule has 0 aliphatic carbocycles. The Bertz CT molecular complexity index is 898. The first-order chi connectivity index (χ1) is 12.6. The summed E-state index contributed by atoms with van der Waals surface area (Å²) in [4.78, 5) is 3.17. The molecule has 0 aromatic carbocycles. The van der Waals surface area contributed by atoms with Crippen LogP contribution < -0.4 is 0 Å². The number of piperazine rings is 1. The maximum atomic E-state index is 13.0. The molecule has 2 aromatic heterocycles. The second-order valence-corrected chi connectivity index (χ2v) is 9.51. The van der Waals surface area contributed by atoms with Crippen molar-refractivity contribution < 1.29 is 26.1 Å². The van der Waals surface area contributed by atoms with Gasteiger partial charge in [-0.2, -0.15) is 17.5 Å². The van der Waals surface area contributed by atoms with E-state index in [-0.39, 0.29) is 10.6 Å².